The Bertz CT molecular complexity index is 1430. The summed E-state index contributed by atoms with van der Waals surface area (Å²) in [6.07, 6.45) is 8.05. The minimum atomic E-state index is -1.49. The maximum atomic E-state index is 5.69. The summed E-state index contributed by atoms with van der Waals surface area (Å²) in [5, 5.41) is 8.39. The third kappa shape index (κ3) is 10.2. The van der Waals surface area contributed by atoms with Crippen molar-refractivity contribution in [3.63, 3.8) is 0 Å². The first-order valence-electron chi connectivity index (χ1n) is 14.9. The Morgan fingerprint density at radius 3 is 0.674 bits per heavy atom. The summed E-state index contributed by atoms with van der Waals surface area (Å²) in [5.74, 6) is 0. The fraction of sp³-hybridized carbons (Fsp3) is 0.0244. The van der Waals surface area contributed by atoms with Gasteiger partial charge in [0.25, 0.3) is 0 Å². The van der Waals surface area contributed by atoms with E-state index in [1.807, 2.05) is 24.3 Å². The molecule has 0 saturated heterocycles. The third-order valence-corrected chi connectivity index (χ3v) is 15.5. The van der Waals surface area contributed by atoms with Gasteiger partial charge in [0.2, 0.25) is 0 Å². The smallest absolute Gasteiger partial charge is 0.0134 e. The molecule has 7 rings (SSSR count). The van der Waals surface area contributed by atoms with Crippen LogP contribution in [-0.4, -0.2) is 0 Å². The van der Waals surface area contributed by atoms with E-state index < -0.39 is 29.8 Å². The Labute approximate surface area is 290 Å². The second kappa shape index (κ2) is 18.9. The number of rotatable bonds is 7. The van der Waals surface area contributed by atoms with Gasteiger partial charge in [-0.25, -0.2) is 0 Å². The third-order valence-electron chi connectivity index (χ3n) is 6.96. The SMILES string of the molecule is [Cl][Ru]([Cl])[CH]1C=CC=C1.c1ccc(P(c2ccccc2)c2ccccc2)cc1.c1ccc(P(c2ccccc2)c2ccccc2)cc1. The molecule has 0 aromatic heterocycles. The minimum Gasteiger partial charge on any atom is -0.0622 e. The van der Waals surface area contributed by atoms with E-state index in [2.05, 4.69) is 182 Å². The summed E-state index contributed by atoms with van der Waals surface area (Å²) in [6, 6.07) is 64.7. The number of allylic oxidation sites excluding steroid dienone is 4. The molecule has 6 aromatic carbocycles. The Morgan fingerprint density at radius 2 is 0.522 bits per heavy atom. The van der Waals surface area contributed by atoms with Gasteiger partial charge in [-0.2, -0.15) is 0 Å². The summed E-state index contributed by atoms with van der Waals surface area (Å²) in [7, 11) is 10.5. The molecule has 6 aromatic rings. The zero-order chi connectivity index (χ0) is 31.8. The Hall–Kier alpha value is -3.14. The van der Waals surface area contributed by atoms with Crippen molar-refractivity contribution in [2.75, 3.05) is 0 Å². The molecule has 1 aliphatic rings. The van der Waals surface area contributed by atoms with Gasteiger partial charge < -0.3 is 0 Å². The molecule has 0 atom stereocenters. The van der Waals surface area contributed by atoms with Crippen LogP contribution in [0.3, 0.4) is 0 Å². The molecule has 0 spiro atoms. The van der Waals surface area contributed by atoms with E-state index in [1.54, 1.807) is 0 Å². The minimum absolute atomic E-state index is 0.378. The maximum Gasteiger partial charge on any atom is -0.0134 e. The molecular formula is C41H35Cl2P2Ru. The quantitative estimate of drug-likeness (QED) is 0.112. The predicted molar refractivity (Wildman–Crippen MR) is 204 cm³/mol. The van der Waals surface area contributed by atoms with Crippen molar-refractivity contribution in [3.05, 3.63) is 206 Å². The number of hydrogen-bond acceptors (Lipinski definition) is 0. The Balaban J connectivity index is 0.000000147. The topological polar surface area (TPSA) is 0 Å². The van der Waals surface area contributed by atoms with Crippen LogP contribution in [0.2, 0.25) is 4.51 Å². The Kier molecular flexibility index (Phi) is 14.0. The van der Waals surface area contributed by atoms with Gasteiger partial charge in [-0.3, -0.25) is 0 Å². The average Bonchev–Trinajstić information content (AvgIpc) is 3.68. The fourth-order valence-corrected chi connectivity index (χ4v) is 11.6. The molecule has 5 heteroatoms. The van der Waals surface area contributed by atoms with Crippen LogP contribution in [0.1, 0.15) is 0 Å². The van der Waals surface area contributed by atoms with Crippen molar-refractivity contribution in [1.29, 1.82) is 0 Å². The van der Waals surface area contributed by atoms with Gasteiger partial charge in [-0.15, -0.1) is 0 Å². The second-order valence-corrected chi connectivity index (χ2v) is 20.9. The molecular weight excluding hydrogens is 726 g/mol. The van der Waals surface area contributed by atoms with E-state index in [1.165, 1.54) is 31.8 Å². The van der Waals surface area contributed by atoms with Crippen LogP contribution < -0.4 is 31.8 Å². The molecule has 0 aliphatic heterocycles. The van der Waals surface area contributed by atoms with E-state index in [0.717, 1.165) is 0 Å². The van der Waals surface area contributed by atoms with Crippen molar-refractivity contribution in [2.24, 2.45) is 0 Å². The monoisotopic (exact) mass is 761 g/mol. The first-order chi connectivity index (χ1) is 22.7. The zero-order valence-electron chi connectivity index (χ0n) is 25.2. The zero-order valence-corrected chi connectivity index (χ0v) is 30.2. The molecule has 0 nitrogen and oxygen atoms in total. The van der Waals surface area contributed by atoms with Crippen LogP contribution >= 0.6 is 35.2 Å². The predicted octanol–water partition coefficient (Wildman–Crippen LogP) is 9.72. The molecule has 231 valence electrons. The van der Waals surface area contributed by atoms with Gasteiger partial charge in [-0.05, 0) is 47.7 Å². The number of halogens is 2. The molecule has 0 amide bonds. The largest absolute Gasteiger partial charge is 0.0622 e. The van der Waals surface area contributed by atoms with Crippen LogP contribution in [0.4, 0.5) is 0 Å². The number of benzene rings is 6. The normalized spacial score (nSPS) is 12.2. The van der Waals surface area contributed by atoms with E-state index in [0.29, 0.717) is 4.51 Å². The molecule has 1 aliphatic carbocycles. The van der Waals surface area contributed by atoms with Crippen molar-refractivity contribution in [3.8, 4) is 0 Å². The van der Waals surface area contributed by atoms with E-state index >= 15 is 0 Å². The van der Waals surface area contributed by atoms with Crippen molar-refractivity contribution in [1.82, 2.24) is 0 Å². The van der Waals surface area contributed by atoms with E-state index in [-0.39, 0.29) is 0 Å². The second-order valence-electron chi connectivity index (χ2n) is 10.1. The molecule has 0 saturated carbocycles. The Morgan fingerprint density at radius 1 is 0.326 bits per heavy atom. The summed E-state index contributed by atoms with van der Waals surface area (Å²) < 4.78 is 0.378. The molecule has 0 N–H and O–H groups in total. The van der Waals surface area contributed by atoms with Crippen LogP contribution in [0.5, 0.6) is 0 Å². The van der Waals surface area contributed by atoms with E-state index in [4.69, 9.17) is 19.4 Å². The molecule has 46 heavy (non-hydrogen) atoms. The van der Waals surface area contributed by atoms with Gasteiger partial charge in [0.05, 0.1) is 0 Å². The van der Waals surface area contributed by atoms with Gasteiger partial charge in [-0.1, -0.05) is 182 Å². The van der Waals surface area contributed by atoms with Crippen LogP contribution in [0.25, 0.3) is 0 Å². The molecule has 0 radical (unpaired) electrons. The summed E-state index contributed by atoms with van der Waals surface area (Å²) in [6.45, 7) is 0. The summed E-state index contributed by atoms with van der Waals surface area (Å²) >= 11 is -1.49. The van der Waals surface area contributed by atoms with Crippen LogP contribution in [0, 0.1) is 0 Å². The van der Waals surface area contributed by atoms with Gasteiger partial charge in [0.1, 0.15) is 0 Å². The first-order valence-corrected chi connectivity index (χ1v) is 23.1. The fourth-order valence-electron chi connectivity index (χ4n) is 4.86. The van der Waals surface area contributed by atoms with Crippen molar-refractivity contribution < 1.29 is 14.0 Å². The van der Waals surface area contributed by atoms with Gasteiger partial charge in [0.15, 0.2) is 0 Å². The van der Waals surface area contributed by atoms with Crippen LogP contribution in [0.15, 0.2) is 206 Å². The van der Waals surface area contributed by atoms with E-state index in [9.17, 15) is 0 Å². The molecule has 0 unspecified atom stereocenters. The van der Waals surface area contributed by atoms with Gasteiger partial charge >= 0.3 is 62.2 Å². The molecule has 0 heterocycles. The molecule has 0 bridgehead atoms. The summed E-state index contributed by atoms with van der Waals surface area (Å²) in [4.78, 5) is 0. The average molecular weight is 762 g/mol. The standard InChI is InChI=1S/2C18H15P.C5H5.2ClH.Ru/c2*1-4-10-16(11-5-1)19(17-12-6-2-7-13-17)18-14-8-3-9-15-18;1-2-4-5-3-1;;;/h2*1-15H;1-5H;2*1H;/q;;;;;+2/p-2. The van der Waals surface area contributed by atoms with Crippen molar-refractivity contribution >= 4 is 67.1 Å². The van der Waals surface area contributed by atoms with Crippen molar-refractivity contribution in [2.45, 2.75) is 4.51 Å². The molecule has 0 fully saturated rings. The maximum absolute atomic E-state index is 5.69. The van der Waals surface area contributed by atoms with Gasteiger partial charge in [0, 0.05) is 0 Å². The first kappa shape index (κ1) is 34.2. The summed E-state index contributed by atoms with van der Waals surface area (Å²) in [5.41, 5.74) is 0. The van der Waals surface area contributed by atoms with Crippen LogP contribution in [-0.2, 0) is 14.0 Å². The number of hydrogen-bond donors (Lipinski definition) is 0.